The molecule has 0 saturated heterocycles. The molecule has 0 saturated carbocycles. The number of rotatable bonds is 10. The van der Waals surface area contributed by atoms with E-state index in [0.29, 0.717) is 0 Å². The number of aromatic carboxylic acids is 2. The second kappa shape index (κ2) is 14.5. The van der Waals surface area contributed by atoms with Crippen molar-refractivity contribution < 1.29 is 24.6 Å². The van der Waals surface area contributed by atoms with Gasteiger partial charge in [0.1, 0.15) is 20.1 Å². The van der Waals surface area contributed by atoms with Gasteiger partial charge in [0.05, 0.1) is 34.2 Å². The van der Waals surface area contributed by atoms with Crippen molar-refractivity contribution in [3.8, 4) is 0 Å². The molecule has 0 atom stereocenters. The Morgan fingerprint density at radius 3 is 1.47 bits per heavy atom. The van der Waals surface area contributed by atoms with Crippen LogP contribution in [0.15, 0.2) is 24.5 Å². The number of nitrogens with two attached hydrogens (primary N) is 4. The molecule has 15 nitrogen and oxygen atoms in total. The van der Waals surface area contributed by atoms with Crippen LogP contribution in [0.2, 0.25) is 30.4 Å². The van der Waals surface area contributed by atoms with E-state index < -0.39 is 49.6 Å². The first-order valence-electron chi connectivity index (χ1n) is 11.9. The van der Waals surface area contributed by atoms with Crippen LogP contribution in [0.3, 0.4) is 0 Å². The number of carboxylic acids is 2. The number of aromatic nitrogens is 3. The monoisotopic (exact) mass is 738 g/mol. The lowest BCUT2D eigenvalue weighted by atomic mass is 10.1. The van der Waals surface area contributed by atoms with Gasteiger partial charge in [0.25, 0.3) is 5.91 Å². The number of carbonyl (C=O) groups excluding carboxylic acids is 1. The highest BCUT2D eigenvalue weighted by Crippen LogP contribution is 2.40. The van der Waals surface area contributed by atoms with Gasteiger partial charge >= 0.3 is 11.9 Å². The van der Waals surface area contributed by atoms with Gasteiger partial charge in [-0.05, 0) is 19.1 Å². The molecule has 0 aliphatic carbocycles. The first-order chi connectivity index (χ1) is 21.0. The van der Waals surface area contributed by atoms with Gasteiger partial charge in [-0.3, -0.25) is 14.8 Å². The molecule has 45 heavy (non-hydrogen) atoms. The summed E-state index contributed by atoms with van der Waals surface area (Å²) in [5.41, 5.74) is 10.4. The highest BCUT2D eigenvalue weighted by atomic mass is 35.5. The molecule has 3 heterocycles. The smallest absolute Gasteiger partial charge is 0.356 e. The van der Waals surface area contributed by atoms with Crippen LogP contribution in [0.25, 0.3) is 11.4 Å². The van der Waals surface area contributed by atoms with E-state index in [4.69, 9.17) is 92.8 Å². The second-order valence-electron chi connectivity index (χ2n) is 8.54. The molecule has 0 unspecified atom stereocenters. The quantitative estimate of drug-likeness (QED) is 0.0874. The lowest BCUT2D eigenvalue weighted by molar-refractivity contribution is 0.0680. The maximum absolute atomic E-state index is 12.8. The Hall–Kier alpha value is -3.80. The van der Waals surface area contributed by atoms with Gasteiger partial charge < -0.3 is 27.0 Å². The number of anilines is 2. The van der Waals surface area contributed by atoms with E-state index in [1.54, 1.807) is 6.92 Å². The summed E-state index contributed by atoms with van der Waals surface area (Å²) in [6.07, 6.45) is 2.15. The number of nitrogens with one attached hydrogen (secondary N) is 1. The molecule has 3 rings (SSSR count). The molecular formula is C24H20Cl6N10O5. The number of pyridine rings is 3. The molecule has 0 radical (unpaired) electrons. The zero-order valence-corrected chi connectivity index (χ0v) is 27.0. The number of hydrogen-bond acceptors (Lipinski definition) is 12. The van der Waals surface area contributed by atoms with Gasteiger partial charge in [0.15, 0.2) is 21.7 Å². The average Bonchev–Trinajstić information content (AvgIpc) is 2.96. The minimum absolute atomic E-state index is 0.0454. The van der Waals surface area contributed by atoms with Crippen LogP contribution in [-0.2, 0) is 0 Å². The topological polar surface area (TPSA) is 253 Å². The van der Waals surface area contributed by atoms with Crippen molar-refractivity contribution in [3.63, 3.8) is 0 Å². The Morgan fingerprint density at radius 2 is 1.13 bits per heavy atom. The van der Waals surface area contributed by atoms with E-state index >= 15 is 0 Å². The zero-order valence-electron chi connectivity index (χ0n) is 22.4. The Balaban J connectivity index is 2.16. The fourth-order valence-electron chi connectivity index (χ4n) is 3.52. The Morgan fingerprint density at radius 1 is 0.756 bits per heavy atom. The molecule has 11 N–H and O–H groups in total. The Labute approximate surface area is 283 Å². The molecule has 238 valence electrons. The molecule has 0 spiro atoms. The highest BCUT2D eigenvalue weighted by Gasteiger charge is 2.25. The third-order valence-electron chi connectivity index (χ3n) is 5.52. The van der Waals surface area contributed by atoms with Gasteiger partial charge in [-0.2, -0.15) is 0 Å². The van der Waals surface area contributed by atoms with Gasteiger partial charge in [-0.15, -0.1) is 0 Å². The van der Waals surface area contributed by atoms with E-state index in [2.05, 4.69) is 20.3 Å². The molecule has 0 fully saturated rings. The predicted octanol–water partition coefficient (Wildman–Crippen LogP) is 4.21. The molecule has 21 heteroatoms. The van der Waals surface area contributed by atoms with Gasteiger partial charge in [-0.1, -0.05) is 69.6 Å². The molecule has 3 aromatic heterocycles. The SMILES string of the molecule is CCNC(=O)c1cc(/C(N)=C/N(N)c2c(Cl)c(Cl)nc(C(=O)O)c2Cl)nc(/C(N)=C/N(N)c2c(Cl)c(Cl)nc(C(=O)O)c2Cl)c1. The lowest BCUT2D eigenvalue weighted by Gasteiger charge is -2.20. The van der Waals surface area contributed by atoms with E-state index in [9.17, 15) is 24.6 Å². The van der Waals surface area contributed by atoms with Crippen molar-refractivity contribution in [3.05, 3.63) is 83.3 Å². The minimum atomic E-state index is -1.50. The molecule has 1 amide bonds. The minimum Gasteiger partial charge on any atom is -0.476 e. The average molecular weight is 741 g/mol. The van der Waals surface area contributed by atoms with Crippen LogP contribution < -0.4 is 38.5 Å². The number of nitrogens with zero attached hydrogens (tertiary/aromatic N) is 5. The first-order valence-corrected chi connectivity index (χ1v) is 14.2. The fraction of sp³-hybridized carbons (Fsp3) is 0.0833. The van der Waals surface area contributed by atoms with E-state index in [-0.39, 0.29) is 56.3 Å². The predicted molar refractivity (Wildman–Crippen MR) is 172 cm³/mol. The number of halogens is 6. The molecule has 0 aliphatic rings. The van der Waals surface area contributed by atoms with Gasteiger partial charge in [0, 0.05) is 24.5 Å². The zero-order chi connectivity index (χ0) is 33.9. The number of carboxylic acid groups (broad SMARTS) is 2. The Kier molecular flexibility index (Phi) is 11.5. The van der Waals surface area contributed by atoms with Crippen molar-refractivity contribution in [1.29, 1.82) is 0 Å². The van der Waals surface area contributed by atoms with Crippen LogP contribution in [0.5, 0.6) is 0 Å². The summed E-state index contributed by atoms with van der Waals surface area (Å²) in [4.78, 5) is 47.5. The number of hydrazine groups is 2. The maximum Gasteiger partial charge on any atom is 0.356 e. The van der Waals surface area contributed by atoms with Crippen LogP contribution in [0.1, 0.15) is 49.6 Å². The first kappa shape index (κ1) is 35.7. The number of hydrogen-bond donors (Lipinski definition) is 7. The number of carbonyl (C=O) groups is 3. The van der Waals surface area contributed by atoms with E-state index in [1.165, 1.54) is 12.1 Å². The summed E-state index contributed by atoms with van der Waals surface area (Å²) >= 11 is 36.7. The van der Waals surface area contributed by atoms with Gasteiger partial charge in [-0.25, -0.2) is 36.2 Å². The lowest BCUT2D eigenvalue weighted by Crippen LogP contribution is -2.28. The molecular weight excluding hydrogens is 721 g/mol. The van der Waals surface area contributed by atoms with Crippen molar-refractivity contribution >= 4 is 110 Å². The normalized spacial score (nSPS) is 11.8. The summed E-state index contributed by atoms with van der Waals surface area (Å²) in [5.74, 6) is 8.66. The van der Waals surface area contributed by atoms with Crippen LogP contribution in [0, 0.1) is 0 Å². The van der Waals surface area contributed by atoms with Crippen molar-refractivity contribution in [2.75, 3.05) is 16.6 Å². The fourth-order valence-corrected chi connectivity index (χ4v) is 5.07. The molecule has 0 aliphatic heterocycles. The Bertz CT molecular complexity index is 1670. The summed E-state index contributed by atoms with van der Waals surface area (Å²) in [5, 5.41) is 20.8. The van der Waals surface area contributed by atoms with Gasteiger partial charge in [0.2, 0.25) is 0 Å². The largest absolute Gasteiger partial charge is 0.476 e. The molecule has 0 aromatic carbocycles. The summed E-state index contributed by atoms with van der Waals surface area (Å²) in [6.45, 7) is 1.96. The summed E-state index contributed by atoms with van der Waals surface area (Å²) < 4.78 is 0. The van der Waals surface area contributed by atoms with E-state index in [1.807, 2.05) is 0 Å². The molecule has 0 bridgehead atoms. The van der Waals surface area contributed by atoms with Crippen LogP contribution in [-0.4, -0.2) is 49.6 Å². The van der Waals surface area contributed by atoms with E-state index in [0.717, 1.165) is 22.4 Å². The van der Waals surface area contributed by atoms with Crippen molar-refractivity contribution in [2.45, 2.75) is 6.92 Å². The number of amides is 1. The molecule has 3 aromatic rings. The van der Waals surface area contributed by atoms with Crippen molar-refractivity contribution in [1.82, 2.24) is 20.3 Å². The van der Waals surface area contributed by atoms with Crippen LogP contribution in [0.4, 0.5) is 11.4 Å². The van der Waals surface area contributed by atoms with Crippen molar-refractivity contribution in [2.24, 2.45) is 23.2 Å². The second-order valence-corrected chi connectivity index (χ2v) is 10.8. The third kappa shape index (κ3) is 7.71. The highest BCUT2D eigenvalue weighted by molar-refractivity contribution is 6.47. The van der Waals surface area contributed by atoms with Crippen LogP contribution >= 0.6 is 69.6 Å². The third-order valence-corrected chi connectivity index (χ3v) is 7.70. The maximum atomic E-state index is 12.8. The summed E-state index contributed by atoms with van der Waals surface area (Å²) in [6, 6.07) is 2.62. The summed E-state index contributed by atoms with van der Waals surface area (Å²) in [7, 11) is 0. The standard InChI is InChI=1S/C24H20Cl6N10O5/c1-2-35-22(41)7-3-10(8(31)5-39(33)18-12(25)16(23(42)43)37-20(29)14(18)27)36-11(4-7)9(32)6-40(34)19-13(26)17(24(44)45)38-21(30)15(19)28/h3-6H,2,31-34H2,1H3,(H,35,41)(H,42,43)(H,44,45)/b8-5-,9-6-.